The first-order valence-corrected chi connectivity index (χ1v) is 8.91. The molecule has 1 aromatic heterocycles. The second-order valence-corrected chi connectivity index (χ2v) is 6.21. The van der Waals surface area contributed by atoms with Crippen molar-refractivity contribution in [1.29, 1.82) is 0 Å². The van der Waals surface area contributed by atoms with Gasteiger partial charge in [-0.1, -0.05) is 6.92 Å². The van der Waals surface area contributed by atoms with Crippen LogP contribution >= 0.6 is 0 Å². The average molecular weight is 422 g/mol. The summed E-state index contributed by atoms with van der Waals surface area (Å²) in [5, 5.41) is -0.0986. The molecule has 2 aromatic carbocycles. The summed E-state index contributed by atoms with van der Waals surface area (Å²) >= 11 is 0. The Balaban J connectivity index is 2.01. The molecular weight excluding hydrogens is 405 g/mol. The molecule has 0 fully saturated rings. The molecule has 6 nitrogen and oxygen atoms in total. The fraction of sp³-hybridized carbons (Fsp3) is 0.238. The van der Waals surface area contributed by atoms with E-state index in [0.29, 0.717) is 6.42 Å². The molecule has 158 valence electrons. The van der Waals surface area contributed by atoms with E-state index in [9.17, 15) is 22.8 Å². The largest absolute Gasteiger partial charge is 0.497 e. The maximum atomic E-state index is 13.5. The quantitative estimate of drug-likeness (QED) is 0.510. The Hall–Kier alpha value is -3.49. The van der Waals surface area contributed by atoms with Crippen LogP contribution in [0.2, 0.25) is 0 Å². The highest BCUT2D eigenvalue weighted by molar-refractivity contribution is 5.89. The normalized spacial score (nSPS) is 11.4. The summed E-state index contributed by atoms with van der Waals surface area (Å²) in [6, 6.07) is 9.09. The third-order valence-corrected chi connectivity index (χ3v) is 4.06. The predicted molar refractivity (Wildman–Crippen MR) is 101 cm³/mol. The number of carbonyl (C=O) groups excluding carboxylic acids is 1. The fourth-order valence-corrected chi connectivity index (χ4v) is 2.62. The lowest BCUT2D eigenvalue weighted by molar-refractivity contribution is -0.154. The van der Waals surface area contributed by atoms with Crippen LogP contribution in [0.4, 0.5) is 13.2 Å². The number of carbonyl (C=O) groups is 1. The molecule has 0 saturated heterocycles. The Kier molecular flexibility index (Phi) is 6.00. The standard InChI is InChI=1S/C21H17F3O6/c1-3-10-28-20(26)12-4-6-13(7-5-12)29-18-17(25)15-9-8-14(27-2)11-16(15)30-19(18)21(22,23)24/h4-9,11H,3,10H2,1-2H3. The van der Waals surface area contributed by atoms with Crippen molar-refractivity contribution in [1.82, 2.24) is 0 Å². The van der Waals surface area contributed by atoms with E-state index < -0.39 is 29.1 Å². The summed E-state index contributed by atoms with van der Waals surface area (Å²) in [6.45, 7) is 2.09. The Bertz CT molecular complexity index is 1120. The van der Waals surface area contributed by atoms with Crippen molar-refractivity contribution in [3.05, 3.63) is 64.0 Å². The van der Waals surface area contributed by atoms with E-state index in [1.807, 2.05) is 6.92 Å². The van der Waals surface area contributed by atoms with Gasteiger partial charge in [0.25, 0.3) is 5.76 Å². The Labute approximate surface area is 168 Å². The van der Waals surface area contributed by atoms with Gasteiger partial charge in [0.2, 0.25) is 11.2 Å². The van der Waals surface area contributed by atoms with Crippen LogP contribution in [0.3, 0.4) is 0 Å². The van der Waals surface area contributed by atoms with Gasteiger partial charge >= 0.3 is 12.1 Å². The van der Waals surface area contributed by atoms with Gasteiger partial charge in [0.1, 0.15) is 17.1 Å². The molecule has 9 heteroatoms. The number of fused-ring (bicyclic) bond motifs is 1. The first kappa shape index (κ1) is 21.2. The fourth-order valence-electron chi connectivity index (χ4n) is 2.62. The second-order valence-electron chi connectivity index (χ2n) is 6.21. The first-order valence-electron chi connectivity index (χ1n) is 8.91. The van der Waals surface area contributed by atoms with Gasteiger partial charge < -0.3 is 18.6 Å². The van der Waals surface area contributed by atoms with E-state index in [4.69, 9.17) is 18.6 Å². The van der Waals surface area contributed by atoms with E-state index in [1.165, 1.54) is 49.6 Å². The lowest BCUT2D eigenvalue weighted by Crippen LogP contribution is -2.15. The second kappa shape index (κ2) is 8.48. The van der Waals surface area contributed by atoms with Gasteiger partial charge in [-0.05, 0) is 42.8 Å². The summed E-state index contributed by atoms with van der Waals surface area (Å²) in [5.41, 5.74) is -1.07. The van der Waals surface area contributed by atoms with Gasteiger partial charge in [0, 0.05) is 6.07 Å². The Morgan fingerprint density at radius 2 is 1.73 bits per heavy atom. The maximum Gasteiger partial charge on any atom is 0.453 e. The maximum absolute atomic E-state index is 13.5. The van der Waals surface area contributed by atoms with Crippen LogP contribution in [0.15, 0.2) is 51.7 Å². The number of rotatable bonds is 6. The third-order valence-electron chi connectivity index (χ3n) is 4.06. The molecule has 0 atom stereocenters. The van der Waals surface area contributed by atoms with Crippen LogP contribution in [-0.2, 0) is 10.9 Å². The predicted octanol–water partition coefficient (Wildman–Crippen LogP) is 5.18. The smallest absolute Gasteiger partial charge is 0.453 e. The number of esters is 1. The number of hydrogen-bond acceptors (Lipinski definition) is 6. The summed E-state index contributed by atoms with van der Waals surface area (Å²) < 4.78 is 60.7. The molecule has 1 heterocycles. The zero-order chi connectivity index (χ0) is 21.9. The summed E-state index contributed by atoms with van der Waals surface area (Å²) in [5.74, 6) is -2.98. The number of halogens is 3. The number of ether oxygens (including phenoxy) is 3. The SMILES string of the molecule is CCCOC(=O)c1ccc(Oc2c(C(F)(F)F)oc3cc(OC)ccc3c2=O)cc1. The van der Waals surface area contributed by atoms with Crippen molar-refractivity contribution >= 4 is 16.9 Å². The Morgan fingerprint density at radius 1 is 1.07 bits per heavy atom. The molecule has 0 N–H and O–H groups in total. The zero-order valence-corrected chi connectivity index (χ0v) is 16.0. The van der Waals surface area contributed by atoms with Gasteiger partial charge in [-0.2, -0.15) is 13.2 Å². The molecule has 3 rings (SSSR count). The molecule has 0 saturated carbocycles. The highest BCUT2D eigenvalue weighted by Gasteiger charge is 2.40. The van der Waals surface area contributed by atoms with E-state index in [0.717, 1.165) is 0 Å². The molecule has 0 bridgehead atoms. The molecule has 30 heavy (non-hydrogen) atoms. The van der Waals surface area contributed by atoms with Crippen LogP contribution in [0.1, 0.15) is 29.5 Å². The molecule has 0 amide bonds. The minimum absolute atomic E-state index is 0.0762. The van der Waals surface area contributed by atoms with Crippen LogP contribution in [-0.4, -0.2) is 19.7 Å². The van der Waals surface area contributed by atoms with Gasteiger partial charge in [0.05, 0.1) is 24.7 Å². The monoisotopic (exact) mass is 422 g/mol. The van der Waals surface area contributed by atoms with Gasteiger partial charge in [-0.25, -0.2) is 4.79 Å². The highest BCUT2D eigenvalue weighted by Crippen LogP contribution is 2.38. The van der Waals surface area contributed by atoms with Crippen LogP contribution in [0, 0.1) is 0 Å². The topological polar surface area (TPSA) is 75.0 Å². The third kappa shape index (κ3) is 4.40. The van der Waals surface area contributed by atoms with Gasteiger partial charge in [-0.3, -0.25) is 4.79 Å². The zero-order valence-electron chi connectivity index (χ0n) is 16.0. The Morgan fingerprint density at radius 3 is 2.33 bits per heavy atom. The van der Waals surface area contributed by atoms with Crippen molar-refractivity contribution in [2.75, 3.05) is 13.7 Å². The first-order chi connectivity index (χ1) is 14.2. The van der Waals surface area contributed by atoms with Gasteiger partial charge in [-0.15, -0.1) is 0 Å². The molecule has 0 radical (unpaired) electrons. The van der Waals surface area contributed by atoms with Gasteiger partial charge in [0.15, 0.2) is 0 Å². The van der Waals surface area contributed by atoms with Crippen molar-refractivity contribution in [2.24, 2.45) is 0 Å². The van der Waals surface area contributed by atoms with Crippen LogP contribution in [0.5, 0.6) is 17.2 Å². The number of methoxy groups -OCH3 is 1. The van der Waals surface area contributed by atoms with Crippen LogP contribution in [0.25, 0.3) is 11.0 Å². The van der Waals surface area contributed by atoms with Crippen molar-refractivity contribution in [2.45, 2.75) is 19.5 Å². The summed E-state index contributed by atoms with van der Waals surface area (Å²) in [7, 11) is 1.34. The molecular formula is C21H17F3O6. The number of hydrogen-bond donors (Lipinski definition) is 0. The lowest BCUT2D eigenvalue weighted by Gasteiger charge is -2.13. The minimum atomic E-state index is -4.98. The van der Waals surface area contributed by atoms with Crippen molar-refractivity contribution in [3.8, 4) is 17.2 Å². The molecule has 0 aliphatic rings. The van der Waals surface area contributed by atoms with E-state index in [-0.39, 0.29) is 34.6 Å². The summed E-state index contributed by atoms with van der Waals surface area (Å²) in [6.07, 6.45) is -4.33. The molecule has 3 aromatic rings. The van der Waals surface area contributed by atoms with Crippen LogP contribution < -0.4 is 14.9 Å². The van der Waals surface area contributed by atoms with E-state index in [1.54, 1.807) is 0 Å². The summed E-state index contributed by atoms with van der Waals surface area (Å²) in [4.78, 5) is 24.5. The molecule has 0 spiro atoms. The van der Waals surface area contributed by atoms with E-state index >= 15 is 0 Å². The number of benzene rings is 2. The molecule has 0 aliphatic carbocycles. The number of alkyl halides is 3. The van der Waals surface area contributed by atoms with Crippen molar-refractivity contribution < 1.29 is 36.6 Å². The van der Waals surface area contributed by atoms with E-state index in [2.05, 4.69) is 0 Å². The highest BCUT2D eigenvalue weighted by atomic mass is 19.4. The average Bonchev–Trinajstić information content (AvgIpc) is 2.73. The van der Waals surface area contributed by atoms with Crippen molar-refractivity contribution in [3.63, 3.8) is 0 Å². The minimum Gasteiger partial charge on any atom is -0.497 e. The molecule has 0 aliphatic heterocycles. The molecule has 0 unspecified atom stereocenters. The lowest BCUT2D eigenvalue weighted by atomic mass is 10.2.